The Bertz CT molecular complexity index is 468. The molecule has 0 saturated heterocycles. The van der Waals surface area contributed by atoms with Crippen molar-refractivity contribution in [3.63, 3.8) is 0 Å². The molecule has 2 rings (SSSR count). The zero-order valence-electron chi connectivity index (χ0n) is 9.62. The third-order valence-electron chi connectivity index (χ3n) is 2.78. The van der Waals surface area contributed by atoms with Gasteiger partial charge in [-0.25, -0.2) is 0 Å². The molecule has 1 aliphatic rings. The minimum atomic E-state index is -0.898. The Kier molecular flexibility index (Phi) is 2.91. The van der Waals surface area contributed by atoms with Crippen LogP contribution in [0.2, 0.25) is 5.02 Å². The number of fused-ring (bicyclic) bond motifs is 1. The summed E-state index contributed by atoms with van der Waals surface area (Å²) in [6.07, 6.45) is 0.299. The molecular weight excluding hydrogens is 244 g/mol. The van der Waals surface area contributed by atoms with Crippen LogP contribution in [0.5, 0.6) is 11.5 Å². The fraction of sp³-hybridized carbons (Fsp3) is 0.417. The summed E-state index contributed by atoms with van der Waals surface area (Å²) in [5.74, 6) is 0.308. The second-order valence-electron chi connectivity index (χ2n) is 4.63. The summed E-state index contributed by atoms with van der Waals surface area (Å²) in [5.41, 5.74) is -0.209. The van der Waals surface area contributed by atoms with Gasteiger partial charge in [-0.1, -0.05) is 11.6 Å². The Balaban J connectivity index is 2.39. The van der Waals surface area contributed by atoms with Gasteiger partial charge in [0.15, 0.2) is 11.5 Å². The summed E-state index contributed by atoms with van der Waals surface area (Å²) in [7, 11) is 0. The first-order valence-corrected chi connectivity index (χ1v) is 5.60. The molecule has 0 saturated carbocycles. The van der Waals surface area contributed by atoms with Crippen LogP contribution in [0.3, 0.4) is 0 Å². The zero-order chi connectivity index (χ0) is 12.6. The normalized spacial score (nSPS) is 13.8. The Morgan fingerprint density at radius 3 is 2.82 bits per heavy atom. The van der Waals surface area contributed by atoms with E-state index in [2.05, 4.69) is 0 Å². The van der Waals surface area contributed by atoms with Gasteiger partial charge in [0.1, 0.15) is 0 Å². The standard InChI is InChI=1S/C12H13ClO4/c1-12(2,11(14)15)5-7-8(13)3-4-9-10(7)17-6-16-9/h3-4H,5-6H2,1-2H3,(H,14,15). The maximum atomic E-state index is 11.1. The highest BCUT2D eigenvalue weighted by molar-refractivity contribution is 6.31. The van der Waals surface area contributed by atoms with Crippen molar-refractivity contribution in [2.45, 2.75) is 20.3 Å². The highest BCUT2D eigenvalue weighted by atomic mass is 35.5. The largest absolute Gasteiger partial charge is 0.481 e. The summed E-state index contributed by atoms with van der Waals surface area (Å²) in [6, 6.07) is 3.42. The van der Waals surface area contributed by atoms with Gasteiger partial charge in [0, 0.05) is 10.6 Å². The minimum Gasteiger partial charge on any atom is -0.481 e. The first-order valence-electron chi connectivity index (χ1n) is 5.22. The van der Waals surface area contributed by atoms with Crippen molar-refractivity contribution < 1.29 is 19.4 Å². The number of aliphatic carboxylic acids is 1. The van der Waals surface area contributed by atoms with E-state index in [1.54, 1.807) is 26.0 Å². The molecule has 0 spiro atoms. The van der Waals surface area contributed by atoms with Gasteiger partial charge in [0.25, 0.3) is 0 Å². The van der Waals surface area contributed by atoms with Crippen LogP contribution < -0.4 is 9.47 Å². The van der Waals surface area contributed by atoms with Crippen LogP contribution >= 0.6 is 11.6 Å². The van der Waals surface area contributed by atoms with Gasteiger partial charge in [-0.05, 0) is 32.4 Å². The molecule has 0 atom stereocenters. The highest BCUT2D eigenvalue weighted by Crippen LogP contribution is 2.42. The average molecular weight is 257 g/mol. The van der Waals surface area contributed by atoms with E-state index in [9.17, 15) is 4.79 Å². The van der Waals surface area contributed by atoms with E-state index >= 15 is 0 Å². The number of halogens is 1. The molecule has 0 unspecified atom stereocenters. The lowest BCUT2D eigenvalue weighted by atomic mass is 9.85. The number of benzene rings is 1. The van der Waals surface area contributed by atoms with Crippen molar-refractivity contribution in [2.24, 2.45) is 5.41 Å². The van der Waals surface area contributed by atoms with E-state index in [0.29, 0.717) is 28.5 Å². The zero-order valence-corrected chi connectivity index (χ0v) is 10.4. The topological polar surface area (TPSA) is 55.8 Å². The van der Waals surface area contributed by atoms with Crippen molar-refractivity contribution in [3.8, 4) is 11.5 Å². The van der Waals surface area contributed by atoms with Crippen LogP contribution in [0.25, 0.3) is 0 Å². The Morgan fingerprint density at radius 2 is 2.18 bits per heavy atom. The van der Waals surface area contributed by atoms with Gasteiger partial charge in [0.05, 0.1) is 5.41 Å². The molecule has 1 heterocycles. The quantitative estimate of drug-likeness (QED) is 0.903. The molecule has 92 valence electrons. The molecule has 0 radical (unpaired) electrons. The fourth-order valence-corrected chi connectivity index (χ4v) is 1.90. The van der Waals surface area contributed by atoms with E-state index in [-0.39, 0.29) is 6.79 Å². The van der Waals surface area contributed by atoms with Crippen molar-refractivity contribution in [1.29, 1.82) is 0 Å². The highest BCUT2D eigenvalue weighted by Gasteiger charge is 2.31. The second kappa shape index (κ2) is 4.11. The number of rotatable bonds is 3. The molecule has 0 amide bonds. The Morgan fingerprint density at radius 1 is 1.47 bits per heavy atom. The van der Waals surface area contributed by atoms with Gasteiger partial charge >= 0.3 is 5.97 Å². The first-order chi connectivity index (χ1) is 7.92. The molecule has 4 nitrogen and oxygen atoms in total. The molecule has 1 aromatic carbocycles. The number of carboxylic acid groups (broad SMARTS) is 1. The fourth-order valence-electron chi connectivity index (χ4n) is 1.69. The molecule has 1 aliphatic heterocycles. The van der Waals surface area contributed by atoms with E-state index in [1.165, 1.54) is 0 Å². The number of carbonyl (C=O) groups is 1. The number of hydrogen-bond donors (Lipinski definition) is 1. The number of hydrogen-bond acceptors (Lipinski definition) is 3. The lowest BCUT2D eigenvalue weighted by Gasteiger charge is -2.20. The molecule has 0 fully saturated rings. The summed E-state index contributed by atoms with van der Waals surface area (Å²) in [6.45, 7) is 3.46. The SMILES string of the molecule is CC(C)(Cc1c(Cl)ccc2c1OCO2)C(=O)O. The predicted octanol–water partition coefficient (Wildman–Crippen LogP) is 2.72. The first kappa shape index (κ1) is 12.0. The van der Waals surface area contributed by atoms with Crippen molar-refractivity contribution in [2.75, 3.05) is 6.79 Å². The van der Waals surface area contributed by atoms with E-state index in [4.69, 9.17) is 26.2 Å². The Hall–Kier alpha value is -1.42. The summed E-state index contributed by atoms with van der Waals surface area (Å²) < 4.78 is 10.6. The van der Waals surface area contributed by atoms with E-state index in [1.807, 2.05) is 0 Å². The molecule has 0 aromatic heterocycles. The van der Waals surface area contributed by atoms with Crippen LogP contribution in [0.1, 0.15) is 19.4 Å². The maximum Gasteiger partial charge on any atom is 0.309 e. The van der Waals surface area contributed by atoms with Crippen LogP contribution in [0.4, 0.5) is 0 Å². The molecule has 0 aliphatic carbocycles. The molecule has 5 heteroatoms. The molecule has 0 bridgehead atoms. The average Bonchev–Trinajstić information content (AvgIpc) is 2.70. The van der Waals surface area contributed by atoms with Crippen LogP contribution in [-0.4, -0.2) is 17.9 Å². The van der Waals surface area contributed by atoms with Crippen LogP contribution in [-0.2, 0) is 11.2 Å². The lowest BCUT2D eigenvalue weighted by Crippen LogP contribution is -2.26. The van der Waals surface area contributed by atoms with Crippen molar-refractivity contribution in [1.82, 2.24) is 0 Å². The van der Waals surface area contributed by atoms with Crippen molar-refractivity contribution in [3.05, 3.63) is 22.7 Å². The summed E-state index contributed by atoms with van der Waals surface area (Å²) >= 11 is 6.09. The van der Waals surface area contributed by atoms with E-state index < -0.39 is 11.4 Å². The smallest absolute Gasteiger partial charge is 0.309 e. The van der Waals surface area contributed by atoms with Crippen LogP contribution in [0.15, 0.2) is 12.1 Å². The van der Waals surface area contributed by atoms with Gasteiger partial charge in [-0.2, -0.15) is 0 Å². The van der Waals surface area contributed by atoms with Crippen LogP contribution in [0, 0.1) is 5.41 Å². The lowest BCUT2D eigenvalue weighted by molar-refractivity contribution is -0.146. The van der Waals surface area contributed by atoms with Gasteiger partial charge < -0.3 is 14.6 Å². The molecule has 1 N–H and O–H groups in total. The predicted molar refractivity (Wildman–Crippen MR) is 62.7 cm³/mol. The molecule has 1 aromatic rings. The van der Waals surface area contributed by atoms with Gasteiger partial charge in [-0.3, -0.25) is 4.79 Å². The van der Waals surface area contributed by atoms with E-state index in [0.717, 1.165) is 0 Å². The Labute approximate surface area is 104 Å². The van der Waals surface area contributed by atoms with Gasteiger partial charge in [-0.15, -0.1) is 0 Å². The van der Waals surface area contributed by atoms with Gasteiger partial charge in [0.2, 0.25) is 6.79 Å². The number of ether oxygens (including phenoxy) is 2. The van der Waals surface area contributed by atoms with Crippen molar-refractivity contribution >= 4 is 17.6 Å². The third-order valence-corrected chi connectivity index (χ3v) is 3.14. The molecule has 17 heavy (non-hydrogen) atoms. The minimum absolute atomic E-state index is 0.149. The summed E-state index contributed by atoms with van der Waals surface area (Å²) in [5, 5.41) is 9.63. The summed E-state index contributed by atoms with van der Waals surface area (Å²) in [4.78, 5) is 11.1. The number of carboxylic acids is 1. The maximum absolute atomic E-state index is 11.1. The molecular formula is C12H13ClO4. The third kappa shape index (κ3) is 2.17. The monoisotopic (exact) mass is 256 g/mol. The second-order valence-corrected chi connectivity index (χ2v) is 5.03.